The Labute approximate surface area is 230 Å². The Hall–Kier alpha value is 0.0738. The molecule has 37 heavy (non-hydrogen) atoms. The Morgan fingerprint density at radius 2 is 0.784 bits per heavy atom. The number of ether oxygens (including phenoxy) is 2. The molecule has 0 saturated heterocycles. The summed E-state index contributed by atoms with van der Waals surface area (Å²) in [4.78, 5) is 0. The number of rotatable bonds is 24. The topological polar surface area (TPSA) is 99.9 Å². The van der Waals surface area contributed by atoms with Crippen LogP contribution in [0.1, 0.15) is 102 Å². The van der Waals surface area contributed by atoms with Crippen molar-refractivity contribution in [3.8, 4) is 0 Å². The minimum Gasteiger partial charge on any atom is -0.372 e. The van der Waals surface area contributed by atoms with E-state index in [-0.39, 0.29) is 23.7 Å². The molecule has 0 radical (unpaired) electrons. The van der Waals surface area contributed by atoms with Crippen LogP contribution in [0.3, 0.4) is 0 Å². The van der Waals surface area contributed by atoms with Gasteiger partial charge in [-0.05, 0) is 75.2 Å². The second-order valence-electron chi connectivity index (χ2n) is 9.28. The predicted octanol–water partition coefficient (Wildman–Crippen LogP) is 5.03. The molecule has 0 aliphatic rings. The second-order valence-corrected chi connectivity index (χ2v) is 14.7. The largest absolute Gasteiger partial charge is 0.531 e. The zero-order valence-electron chi connectivity index (χ0n) is 25.7. The van der Waals surface area contributed by atoms with E-state index in [1.54, 1.807) is 0 Å². The Balaban J connectivity index is 6.03. The van der Waals surface area contributed by atoms with Crippen LogP contribution in [0.5, 0.6) is 0 Å². The fourth-order valence-corrected chi connectivity index (χ4v) is 10.4. The summed E-state index contributed by atoms with van der Waals surface area (Å²) in [5.74, 6) is 0. The molecule has 0 aromatic rings. The van der Waals surface area contributed by atoms with Gasteiger partial charge in [0.2, 0.25) is 0 Å². The van der Waals surface area contributed by atoms with Crippen LogP contribution < -0.4 is 5.73 Å². The highest BCUT2D eigenvalue weighted by Gasteiger charge is 2.54. The lowest BCUT2D eigenvalue weighted by Gasteiger charge is -2.44. The third-order valence-electron chi connectivity index (χ3n) is 6.45. The second kappa shape index (κ2) is 19.2. The predicted molar refractivity (Wildman–Crippen MR) is 152 cm³/mol. The van der Waals surface area contributed by atoms with Gasteiger partial charge in [-0.25, -0.2) is 0 Å². The lowest BCUT2D eigenvalue weighted by molar-refractivity contribution is -0.113. The number of nitrogens with two attached hydrogens (primary N) is 1. The summed E-state index contributed by atoms with van der Waals surface area (Å²) in [6.45, 7) is 24.8. The average molecular weight is 570 g/mol. The van der Waals surface area contributed by atoms with Gasteiger partial charge in [-0.15, -0.1) is 0 Å². The van der Waals surface area contributed by atoms with Gasteiger partial charge in [0.15, 0.2) is 0 Å². The van der Waals surface area contributed by atoms with E-state index in [9.17, 15) is 0 Å². The molecule has 0 heterocycles. The molecular weight excluding hydrogens is 510 g/mol. The summed E-state index contributed by atoms with van der Waals surface area (Å²) < 4.78 is 50.4. The fraction of sp³-hybridized carbons (Fsp3) is 1.00. The monoisotopic (exact) mass is 569 g/mol. The summed E-state index contributed by atoms with van der Waals surface area (Å²) in [6.07, 6.45) is 2.53. The molecule has 0 bridgehead atoms. The lowest BCUT2D eigenvalue weighted by Crippen LogP contribution is -2.65. The van der Waals surface area contributed by atoms with Gasteiger partial charge in [-0.1, -0.05) is 26.7 Å². The lowest BCUT2D eigenvalue weighted by atomic mass is 9.91. The smallest absolute Gasteiger partial charge is 0.372 e. The van der Waals surface area contributed by atoms with Crippen molar-refractivity contribution in [3.63, 3.8) is 0 Å². The van der Waals surface area contributed by atoms with Crippen molar-refractivity contribution >= 4 is 17.6 Å². The van der Waals surface area contributed by atoms with Gasteiger partial charge in [0.25, 0.3) is 0 Å². The van der Waals surface area contributed by atoms with Gasteiger partial charge in [-0.2, -0.15) is 0 Å². The third kappa shape index (κ3) is 10.9. The molecule has 9 nitrogen and oxygen atoms in total. The van der Waals surface area contributed by atoms with Crippen LogP contribution in [0.4, 0.5) is 0 Å². The number of hydrogen-bond donors (Lipinski definition) is 1. The van der Waals surface area contributed by atoms with E-state index < -0.39 is 23.1 Å². The highest BCUT2D eigenvalue weighted by molar-refractivity contribution is 6.62. The first kappa shape index (κ1) is 37.1. The molecule has 0 amide bonds. The van der Waals surface area contributed by atoms with Gasteiger partial charge in [0.1, 0.15) is 11.5 Å². The van der Waals surface area contributed by atoms with Crippen molar-refractivity contribution < 1.29 is 36.0 Å². The first-order chi connectivity index (χ1) is 17.5. The van der Waals surface area contributed by atoms with Crippen LogP contribution in [-0.4, -0.2) is 86.5 Å². The van der Waals surface area contributed by atoms with E-state index in [1.807, 2.05) is 62.3 Å². The minimum atomic E-state index is -3.10. The molecule has 0 rings (SSSR count). The normalized spacial score (nSPS) is 17.8. The molecule has 0 aromatic carbocycles. The van der Waals surface area contributed by atoms with E-state index in [2.05, 4.69) is 13.8 Å². The maximum atomic E-state index is 6.96. The molecule has 4 atom stereocenters. The van der Waals surface area contributed by atoms with E-state index in [1.165, 1.54) is 0 Å². The maximum Gasteiger partial charge on any atom is 0.531 e. The molecule has 4 unspecified atom stereocenters. The Kier molecular flexibility index (Phi) is 19.2. The van der Waals surface area contributed by atoms with Crippen LogP contribution in [0.15, 0.2) is 0 Å². The molecule has 0 saturated carbocycles. The van der Waals surface area contributed by atoms with Crippen molar-refractivity contribution in [2.75, 3.05) is 39.6 Å². The van der Waals surface area contributed by atoms with E-state index in [0.29, 0.717) is 39.6 Å². The van der Waals surface area contributed by atoms with Crippen molar-refractivity contribution in [1.82, 2.24) is 0 Å². The number of hydrogen-bond acceptors (Lipinski definition) is 9. The van der Waals surface area contributed by atoms with Gasteiger partial charge in [0.05, 0.1) is 17.7 Å². The maximum absolute atomic E-state index is 6.96. The summed E-state index contributed by atoms with van der Waals surface area (Å²) in [6, 6.07) is 0. The molecule has 0 aromatic heterocycles. The van der Waals surface area contributed by atoms with Gasteiger partial charge in [0, 0.05) is 39.6 Å². The van der Waals surface area contributed by atoms with Crippen molar-refractivity contribution in [3.05, 3.63) is 0 Å². The van der Waals surface area contributed by atoms with E-state index in [0.717, 1.165) is 25.7 Å². The van der Waals surface area contributed by atoms with E-state index in [4.69, 9.17) is 41.8 Å². The van der Waals surface area contributed by atoms with Crippen molar-refractivity contribution in [1.29, 1.82) is 0 Å². The summed E-state index contributed by atoms with van der Waals surface area (Å²) in [5, 5.41) is 0. The fourth-order valence-electron chi connectivity index (χ4n) is 4.31. The van der Waals surface area contributed by atoms with Gasteiger partial charge in [-0.3, -0.25) is 0 Å². The van der Waals surface area contributed by atoms with Crippen molar-refractivity contribution in [2.24, 2.45) is 5.73 Å². The Bertz CT molecular complexity index is 493. The minimum absolute atomic E-state index is 0.336. The van der Waals surface area contributed by atoms with Crippen LogP contribution in [0.25, 0.3) is 0 Å². The van der Waals surface area contributed by atoms with Gasteiger partial charge < -0.3 is 41.8 Å². The van der Waals surface area contributed by atoms with Gasteiger partial charge >= 0.3 is 17.6 Å². The molecule has 0 aliphatic heterocycles. The van der Waals surface area contributed by atoms with E-state index >= 15 is 0 Å². The van der Waals surface area contributed by atoms with Crippen LogP contribution in [0, 0.1) is 0 Å². The molecule has 224 valence electrons. The quantitative estimate of drug-likeness (QED) is 0.160. The Morgan fingerprint density at radius 1 is 0.541 bits per heavy atom. The Morgan fingerprint density at radius 3 is 0.973 bits per heavy atom. The summed E-state index contributed by atoms with van der Waals surface area (Å²) in [5.41, 5.74) is 5.45. The molecule has 0 spiro atoms. The van der Waals surface area contributed by atoms with Crippen LogP contribution in [0.2, 0.25) is 0 Å². The molecule has 2 N–H and O–H groups in total. The molecule has 11 heteroatoms. The first-order valence-electron chi connectivity index (χ1n) is 14.5. The zero-order valence-corrected chi connectivity index (χ0v) is 27.7. The summed E-state index contributed by atoms with van der Waals surface area (Å²) in [7, 11) is -6.20. The zero-order chi connectivity index (χ0) is 28.5. The highest BCUT2D eigenvalue weighted by Crippen LogP contribution is 2.30. The first-order valence-corrected chi connectivity index (χ1v) is 18.1. The molecule has 0 aliphatic carbocycles. The third-order valence-corrected chi connectivity index (χ3v) is 13.0. The molecular formula is C26H59NO8Si2. The highest BCUT2D eigenvalue weighted by atomic mass is 28.4. The SMILES string of the molecule is CCCC(OC(C)C(C)(N)C(C)OC(CCC)[Si](OCC)(OCC)OCC)[Si](OCC)(OCC)OCC. The average Bonchev–Trinajstić information content (AvgIpc) is 2.84. The van der Waals surface area contributed by atoms with Crippen LogP contribution >= 0.6 is 0 Å². The molecule has 0 fully saturated rings. The van der Waals surface area contributed by atoms with Crippen molar-refractivity contribution in [2.45, 2.75) is 131 Å². The standard InChI is InChI=1S/C26H59NO8Si2/c1-12-20-24(36(28-14-3,29-15-4)30-16-5)34-22(9)26(11,27)23(10)35-25(21-13-2)37(31-17-6,32-18-7)33-19-8/h22-25H,12-21,27H2,1-11H3. The summed E-state index contributed by atoms with van der Waals surface area (Å²) >= 11 is 0. The van der Waals surface area contributed by atoms with Crippen LogP contribution in [-0.2, 0) is 36.0 Å².